The maximum Gasteiger partial charge on any atom is 0.245 e. The summed E-state index contributed by atoms with van der Waals surface area (Å²) in [4.78, 5) is 25.3. The predicted molar refractivity (Wildman–Crippen MR) is 111 cm³/mol. The fourth-order valence-corrected chi connectivity index (χ4v) is 3.06. The number of aryl methyl sites for hydroxylation is 2. The molecule has 11 heteroatoms. The molecule has 4 aromatic rings. The summed E-state index contributed by atoms with van der Waals surface area (Å²) in [5.41, 5.74) is 8.13. The van der Waals surface area contributed by atoms with Gasteiger partial charge < -0.3 is 20.9 Å². The summed E-state index contributed by atoms with van der Waals surface area (Å²) in [6, 6.07) is 7.61. The molecule has 3 aromatic heterocycles. The molecule has 1 aromatic carbocycles. The summed E-state index contributed by atoms with van der Waals surface area (Å²) in [6.45, 7) is 4.43. The predicted octanol–water partition coefficient (Wildman–Crippen LogP) is 2.45. The smallest absolute Gasteiger partial charge is 0.245 e. The van der Waals surface area contributed by atoms with Gasteiger partial charge in [0.25, 0.3) is 0 Å². The van der Waals surface area contributed by atoms with Crippen molar-refractivity contribution in [3.63, 3.8) is 0 Å². The summed E-state index contributed by atoms with van der Waals surface area (Å²) in [7, 11) is 0. The number of amides is 1. The first-order valence-corrected chi connectivity index (χ1v) is 9.28. The van der Waals surface area contributed by atoms with Gasteiger partial charge in [0.05, 0.1) is 12.0 Å². The standard InChI is InChI=1S/C19H20FN9O/c1-3-29-14(8-11(2)27-29)24-15(30)9-28-10-22-16-17(25-19(21)26-18(16)28)23-13-6-4-12(20)5-7-13/h4-8,10H,3,9H2,1-2H3,(H,24,30)(H3,21,23,25,26). The highest BCUT2D eigenvalue weighted by atomic mass is 19.1. The summed E-state index contributed by atoms with van der Waals surface area (Å²) in [5, 5.41) is 10.2. The molecule has 0 aliphatic heterocycles. The SMILES string of the molecule is CCn1nc(C)cc1NC(=O)Cn1cnc2c(Nc3ccc(F)cc3)nc(N)nc21. The van der Waals surface area contributed by atoms with Crippen molar-refractivity contribution in [1.82, 2.24) is 29.3 Å². The lowest BCUT2D eigenvalue weighted by Crippen LogP contribution is -2.20. The van der Waals surface area contributed by atoms with Crippen LogP contribution in [0, 0.1) is 12.7 Å². The Kier molecular flexibility index (Phi) is 5.00. The van der Waals surface area contributed by atoms with Crippen molar-refractivity contribution in [2.75, 3.05) is 16.4 Å². The van der Waals surface area contributed by atoms with E-state index in [1.54, 1.807) is 27.4 Å². The molecule has 3 heterocycles. The molecule has 0 fully saturated rings. The lowest BCUT2D eigenvalue weighted by molar-refractivity contribution is -0.116. The van der Waals surface area contributed by atoms with Crippen LogP contribution in [0.2, 0.25) is 0 Å². The van der Waals surface area contributed by atoms with E-state index >= 15 is 0 Å². The fraction of sp³-hybridized carbons (Fsp3) is 0.211. The van der Waals surface area contributed by atoms with Gasteiger partial charge in [-0.05, 0) is 38.1 Å². The number of rotatable bonds is 6. The Bertz CT molecular complexity index is 1210. The Morgan fingerprint density at radius 2 is 2.00 bits per heavy atom. The lowest BCUT2D eigenvalue weighted by Gasteiger charge is -2.09. The van der Waals surface area contributed by atoms with Gasteiger partial charge in [-0.15, -0.1) is 0 Å². The molecule has 4 N–H and O–H groups in total. The monoisotopic (exact) mass is 409 g/mol. The normalized spacial score (nSPS) is 11.0. The number of anilines is 4. The summed E-state index contributed by atoms with van der Waals surface area (Å²) in [5.74, 6) is 0.408. The van der Waals surface area contributed by atoms with Crippen LogP contribution < -0.4 is 16.4 Å². The number of nitrogens with two attached hydrogens (primary N) is 1. The first kappa shape index (κ1) is 19.3. The number of halogens is 1. The van der Waals surface area contributed by atoms with Crippen LogP contribution in [0.4, 0.5) is 27.7 Å². The Morgan fingerprint density at radius 1 is 1.23 bits per heavy atom. The van der Waals surface area contributed by atoms with Crippen LogP contribution in [0.5, 0.6) is 0 Å². The quantitative estimate of drug-likeness (QED) is 0.446. The number of hydrogen-bond donors (Lipinski definition) is 3. The molecule has 10 nitrogen and oxygen atoms in total. The molecular weight excluding hydrogens is 389 g/mol. The Balaban J connectivity index is 1.58. The van der Waals surface area contributed by atoms with E-state index in [0.717, 1.165) is 5.69 Å². The van der Waals surface area contributed by atoms with E-state index in [4.69, 9.17) is 5.73 Å². The van der Waals surface area contributed by atoms with Gasteiger partial charge in [0.15, 0.2) is 17.0 Å². The van der Waals surface area contributed by atoms with Crippen molar-refractivity contribution in [3.8, 4) is 0 Å². The fourth-order valence-electron chi connectivity index (χ4n) is 3.06. The minimum Gasteiger partial charge on any atom is -0.368 e. The molecule has 30 heavy (non-hydrogen) atoms. The van der Waals surface area contributed by atoms with Gasteiger partial charge in [0.1, 0.15) is 18.2 Å². The third-order valence-corrected chi connectivity index (χ3v) is 4.37. The highest BCUT2D eigenvalue weighted by molar-refractivity contribution is 5.92. The second kappa shape index (κ2) is 7.78. The van der Waals surface area contributed by atoms with E-state index in [-0.39, 0.29) is 24.2 Å². The average Bonchev–Trinajstić information content (AvgIpc) is 3.26. The van der Waals surface area contributed by atoms with Gasteiger partial charge >= 0.3 is 0 Å². The minimum absolute atomic E-state index is 0.0170. The molecule has 0 spiro atoms. The molecule has 0 atom stereocenters. The van der Waals surface area contributed by atoms with Crippen LogP contribution in [0.1, 0.15) is 12.6 Å². The van der Waals surface area contributed by atoms with Gasteiger partial charge in [-0.1, -0.05) is 0 Å². The molecule has 154 valence electrons. The maximum absolute atomic E-state index is 13.1. The maximum atomic E-state index is 13.1. The van der Waals surface area contributed by atoms with E-state index < -0.39 is 0 Å². The zero-order chi connectivity index (χ0) is 21.3. The zero-order valence-corrected chi connectivity index (χ0v) is 16.4. The van der Waals surface area contributed by atoms with Crippen LogP contribution in [0.3, 0.4) is 0 Å². The van der Waals surface area contributed by atoms with E-state index in [0.29, 0.717) is 35.0 Å². The van der Waals surface area contributed by atoms with Gasteiger partial charge in [-0.2, -0.15) is 15.1 Å². The second-order valence-electron chi connectivity index (χ2n) is 6.64. The molecule has 0 unspecified atom stereocenters. The lowest BCUT2D eigenvalue weighted by atomic mass is 10.3. The number of nitrogens with zero attached hydrogens (tertiary/aromatic N) is 6. The number of imidazole rings is 1. The zero-order valence-electron chi connectivity index (χ0n) is 16.4. The van der Waals surface area contributed by atoms with Crippen LogP contribution >= 0.6 is 0 Å². The molecule has 0 bridgehead atoms. The summed E-state index contributed by atoms with van der Waals surface area (Å²) < 4.78 is 16.4. The summed E-state index contributed by atoms with van der Waals surface area (Å²) >= 11 is 0. The number of aromatic nitrogens is 6. The Morgan fingerprint density at radius 3 is 2.73 bits per heavy atom. The third kappa shape index (κ3) is 3.90. The van der Waals surface area contributed by atoms with Crippen molar-refractivity contribution < 1.29 is 9.18 Å². The number of nitrogen functional groups attached to an aromatic ring is 1. The molecule has 0 aliphatic carbocycles. The van der Waals surface area contributed by atoms with Crippen molar-refractivity contribution in [3.05, 3.63) is 48.2 Å². The van der Waals surface area contributed by atoms with Crippen molar-refractivity contribution in [2.45, 2.75) is 26.9 Å². The van der Waals surface area contributed by atoms with Gasteiger partial charge in [-0.3, -0.25) is 4.79 Å². The van der Waals surface area contributed by atoms with Crippen LogP contribution in [0.15, 0.2) is 36.7 Å². The molecule has 0 aliphatic rings. The molecule has 0 radical (unpaired) electrons. The Labute approximate surface area is 171 Å². The number of hydrogen-bond acceptors (Lipinski definition) is 7. The number of carbonyl (C=O) groups excluding carboxylic acids is 1. The Hall–Kier alpha value is -4.02. The van der Waals surface area contributed by atoms with Crippen molar-refractivity contribution >= 4 is 40.3 Å². The van der Waals surface area contributed by atoms with E-state index in [1.807, 2.05) is 13.8 Å². The first-order valence-electron chi connectivity index (χ1n) is 9.28. The highest BCUT2D eigenvalue weighted by Crippen LogP contribution is 2.24. The van der Waals surface area contributed by atoms with Gasteiger partial charge in [0, 0.05) is 18.3 Å². The number of nitrogens with one attached hydrogen (secondary N) is 2. The second-order valence-corrected chi connectivity index (χ2v) is 6.64. The third-order valence-electron chi connectivity index (χ3n) is 4.37. The molecule has 4 rings (SSSR count). The average molecular weight is 409 g/mol. The molecular formula is C19H20FN9O. The van der Waals surface area contributed by atoms with E-state index in [1.165, 1.54) is 18.5 Å². The van der Waals surface area contributed by atoms with Gasteiger partial charge in [0.2, 0.25) is 11.9 Å². The minimum atomic E-state index is -0.345. The molecule has 0 saturated carbocycles. The summed E-state index contributed by atoms with van der Waals surface area (Å²) in [6.07, 6.45) is 1.50. The van der Waals surface area contributed by atoms with Crippen LogP contribution in [-0.4, -0.2) is 35.2 Å². The van der Waals surface area contributed by atoms with Crippen molar-refractivity contribution in [2.24, 2.45) is 0 Å². The first-order chi connectivity index (χ1) is 14.4. The van der Waals surface area contributed by atoms with Crippen LogP contribution in [0.25, 0.3) is 11.2 Å². The molecule has 0 saturated heterocycles. The van der Waals surface area contributed by atoms with E-state index in [9.17, 15) is 9.18 Å². The topological polar surface area (TPSA) is 129 Å². The number of fused-ring (bicyclic) bond motifs is 1. The molecule has 1 amide bonds. The van der Waals surface area contributed by atoms with Crippen molar-refractivity contribution in [1.29, 1.82) is 0 Å². The van der Waals surface area contributed by atoms with E-state index in [2.05, 4.69) is 30.7 Å². The highest BCUT2D eigenvalue weighted by Gasteiger charge is 2.16. The number of benzene rings is 1. The number of carbonyl (C=O) groups is 1. The van der Waals surface area contributed by atoms with Crippen LogP contribution in [-0.2, 0) is 17.9 Å². The largest absolute Gasteiger partial charge is 0.368 e. The van der Waals surface area contributed by atoms with Gasteiger partial charge in [-0.25, -0.2) is 14.1 Å².